The number of thioether (sulfide) groups is 1. The van der Waals surface area contributed by atoms with Crippen molar-refractivity contribution in [1.29, 1.82) is 5.26 Å². The zero-order valence-corrected chi connectivity index (χ0v) is 13.5. The molecule has 0 aliphatic carbocycles. The molecule has 1 atom stereocenters. The normalized spacial score (nSPS) is 17.6. The van der Waals surface area contributed by atoms with E-state index in [0.717, 1.165) is 24.4 Å². The van der Waals surface area contributed by atoms with Gasteiger partial charge >= 0.3 is 0 Å². The maximum atomic E-state index is 12.2. The lowest BCUT2D eigenvalue weighted by atomic mass is 10.0. The number of nitrogens with one attached hydrogen (secondary N) is 2. The average Bonchev–Trinajstić information content (AvgIpc) is 2.61. The average molecular weight is 326 g/mol. The number of nitriles is 1. The van der Waals surface area contributed by atoms with Crippen LogP contribution in [0.3, 0.4) is 0 Å². The highest BCUT2D eigenvalue weighted by atomic mass is 32.2. The van der Waals surface area contributed by atoms with E-state index >= 15 is 0 Å². The molecule has 1 saturated heterocycles. The Morgan fingerprint density at radius 1 is 1.35 bits per heavy atom. The first-order valence-corrected chi connectivity index (χ1v) is 8.70. The van der Waals surface area contributed by atoms with Gasteiger partial charge in [0.15, 0.2) is 5.16 Å². The second-order valence-corrected chi connectivity index (χ2v) is 6.60. The molecule has 0 amide bonds. The molecular weight excluding hydrogens is 308 g/mol. The predicted molar refractivity (Wildman–Crippen MR) is 91.3 cm³/mol. The minimum absolute atomic E-state index is 0.0693. The number of hydrogen-bond acceptors (Lipinski definition) is 5. The number of aromatic amines is 1. The van der Waals surface area contributed by atoms with Crippen molar-refractivity contribution in [3.05, 3.63) is 46.2 Å². The fourth-order valence-corrected chi connectivity index (χ4v) is 3.69. The van der Waals surface area contributed by atoms with E-state index in [1.54, 1.807) is 11.8 Å². The van der Waals surface area contributed by atoms with Crippen molar-refractivity contribution < 1.29 is 0 Å². The highest BCUT2D eigenvalue weighted by Gasteiger charge is 2.16. The Kier molecular flexibility index (Phi) is 5.11. The number of benzene rings is 1. The van der Waals surface area contributed by atoms with E-state index in [9.17, 15) is 10.1 Å². The number of piperidine rings is 1. The summed E-state index contributed by atoms with van der Waals surface area (Å²) in [6.45, 7) is 2.10. The summed E-state index contributed by atoms with van der Waals surface area (Å²) in [4.78, 5) is 19.4. The van der Waals surface area contributed by atoms with E-state index in [2.05, 4.69) is 15.3 Å². The molecule has 1 aliphatic rings. The van der Waals surface area contributed by atoms with E-state index in [1.165, 1.54) is 12.8 Å². The summed E-state index contributed by atoms with van der Waals surface area (Å²) in [6.07, 6.45) is 2.39. The van der Waals surface area contributed by atoms with Gasteiger partial charge in [0.25, 0.3) is 5.56 Å². The molecule has 1 unspecified atom stereocenters. The zero-order valence-electron chi connectivity index (χ0n) is 12.7. The van der Waals surface area contributed by atoms with Crippen LogP contribution < -0.4 is 10.9 Å². The fraction of sp³-hybridized carbons (Fsp3) is 0.353. The van der Waals surface area contributed by atoms with Gasteiger partial charge in [0.1, 0.15) is 11.6 Å². The summed E-state index contributed by atoms with van der Waals surface area (Å²) in [5.74, 6) is 1.51. The maximum absolute atomic E-state index is 12.2. The van der Waals surface area contributed by atoms with Crippen molar-refractivity contribution in [2.75, 3.05) is 18.8 Å². The molecule has 1 fully saturated rings. The minimum Gasteiger partial charge on any atom is -0.316 e. The SMILES string of the molecule is N#Cc1c(-c2ccccc2)nc(SCC2CCCNC2)[nH]c1=O. The molecule has 23 heavy (non-hydrogen) atoms. The molecule has 0 spiro atoms. The first kappa shape index (κ1) is 15.8. The molecule has 118 valence electrons. The molecule has 0 saturated carbocycles. The lowest BCUT2D eigenvalue weighted by molar-refractivity contribution is 0.410. The summed E-state index contributed by atoms with van der Waals surface area (Å²) in [5, 5.41) is 13.2. The van der Waals surface area contributed by atoms with Crippen LogP contribution in [0.5, 0.6) is 0 Å². The smallest absolute Gasteiger partial charge is 0.270 e. The number of H-pyrrole nitrogens is 1. The third-order valence-electron chi connectivity index (χ3n) is 3.91. The fourth-order valence-electron chi connectivity index (χ4n) is 2.69. The summed E-state index contributed by atoms with van der Waals surface area (Å²) in [7, 11) is 0. The molecular formula is C17H18N4OS. The second-order valence-electron chi connectivity index (χ2n) is 5.60. The van der Waals surface area contributed by atoms with Crippen molar-refractivity contribution in [3.8, 4) is 17.3 Å². The van der Waals surface area contributed by atoms with Crippen molar-refractivity contribution in [2.24, 2.45) is 5.92 Å². The van der Waals surface area contributed by atoms with Crippen LogP contribution in [0.1, 0.15) is 18.4 Å². The van der Waals surface area contributed by atoms with Gasteiger partial charge in [0.05, 0.1) is 5.69 Å². The Labute approximate surface area is 139 Å². The number of rotatable bonds is 4. The van der Waals surface area contributed by atoms with E-state index in [4.69, 9.17) is 0 Å². The maximum Gasteiger partial charge on any atom is 0.270 e. The molecule has 2 N–H and O–H groups in total. The summed E-state index contributed by atoms with van der Waals surface area (Å²) >= 11 is 1.55. The van der Waals surface area contributed by atoms with Gasteiger partial charge in [-0.2, -0.15) is 5.26 Å². The second kappa shape index (κ2) is 7.44. The first-order valence-electron chi connectivity index (χ1n) is 7.71. The Hall–Kier alpha value is -2.10. The first-order chi connectivity index (χ1) is 11.3. The molecule has 2 heterocycles. The minimum atomic E-state index is -0.370. The molecule has 1 aromatic heterocycles. The van der Waals surface area contributed by atoms with Gasteiger partial charge < -0.3 is 10.3 Å². The topological polar surface area (TPSA) is 81.6 Å². The van der Waals surface area contributed by atoms with Gasteiger partial charge in [-0.3, -0.25) is 4.79 Å². The largest absolute Gasteiger partial charge is 0.316 e. The van der Waals surface area contributed by atoms with Gasteiger partial charge in [-0.1, -0.05) is 42.1 Å². The summed E-state index contributed by atoms with van der Waals surface area (Å²) in [5.41, 5.74) is 0.947. The highest BCUT2D eigenvalue weighted by molar-refractivity contribution is 7.99. The quantitative estimate of drug-likeness (QED) is 0.666. The molecule has 0 radical (unpaired) electrons. The lowest BCUT2D eigenvalue weighted by Crippen LogP contribution is -2.31. The third-order valence-corrected chi connectivity index (χ3v) is 5.02. The van der Waals surface area contributed by atoms with Crippen LogP contribution >= 0.6 is 11.8 Å². The van der Waals surface area contributed by atoms with Crippen LogP contribution in [0.4, 0.5) is 0 Å². The molecule has 5 nitrogen and oxygen atoms in total. The zero-order chi connectivity index (χ0) is 16.1. The molecule has 0 bridgehead atoms. The van der Waals surface area contributed by atoms with Gasteiger partial charge in [-0.05, 0) is 31.8 Å². The highest BCUT2D eigenvalue weighted by Crippen LogP contribution is 2.24. The van der Waals surface area contributed by atoms with Crippen molar-refractivity contribution >= 4 is 11.8 Å². The van der Waals surface area contributed by atoms with E-state index in [1.807, 2.05) is 36.4 Å². The standard InChI is InChI=1S/C17H18N4OS/c18-9-14-15(13-6-2-1-3-7-13)20-17(21-16(14)22)23-11-12-5-4-8-19-10-12/h1-3,6-7,12,19H,4-5,8,10-11H2,(H,20,21,22). The lowest BCUT2D eigenvalue weighted by Gasteiger charge is -2.21. The Bertz CT molecular complexity index is 760. The molecule has 3 rings (SSSR count). The van der Waals surface area contributed by atoms with Gasteiger partial charge in [0.2, 0.25) is 0 Å². The Morgan fingerprint density at radius 2 is 2.17 bits per heavy atom. The van der Waals surface area contributed by atoms with E-state index < -0.39 is 0 Å². The van der Waals surface area contributed by atoms with Gasteiger partial charge in [-0.25, -0.2) is 4.98 Å². The van der Waals surface area contributed by atoms with Gasteiger partial charge in [0, 0.05) is 11.3 Å². The van der Waals surface area contributed by atoms with Crippen LogP contribution in [0.15, 0.2) is 40.3 Å². The van der Waals surface area contributed by atoms with E-state index in [0.29, 0.717) is 16.8 Å². The third kappa shape index (κ3) is 3.81. The van der Waals surface area contributed by atoms with Gasteiger partial charge in [-0.15, -0.1) is 0 Å². The molecule has 2 aromatic rings. The van der Waals surface area contributed by atoms with Crippen molar-refractivity contribution in [3.63, 3.8) is 0 Å². The van der Waals surface area contributed by atoms with Crippen LogP contribution in [-0.2, 0) is 0 Å². The molecule has 1 aromatic carbocycles. The van der Waals surface area contributed by atoms with Crippen LogP contribution in [-0.4, -0.2) is 28.8 Å². The molecule has 6 heteroatoms. The number of hydrogen-bond donors (Lipinski definition) is 2. The summed E-state index contributed by atoms with van der Waals surface area (Å²) < 4.78 is 0. The van der Waals surface area contributed by atoms with Crippen LogP contribution in [0, 0.1) is 17.2 Å². The number of aromatic nitrogens is 2. The summed E-state index contributed by atoms with van der Waals surface area (Å²) in [6, 6.07) is 11.3. The molecule has 1 aliphatic heterocycles. The number of nitrogens with zero attached hydrogens (tertiary/aromatic N) is 2. The monoisotopic (exact) mass is 326 g/mol. The Morgan fingerprint density at radius 3 is 2.87 bits per heavy atom. The van der Waals surface area contributed by atoms with Crippen LogP contribution in [0.25, 0.3) is 11.3 Å². The van der Waals surface area contributed by atoms with Crippen molar-refractivity contribution in [1.82, 2.24) is 15.3 Å². The van der Waals surface area contributed by atoms with Crippen molar-refractivity contribution in [2.45, 2.75) is 18.0 Å². The van der Waals surface area contributed by atoms with Crippen LogP contribution in [0.2, 0.25) is 0 Å². The van der Waals surface area contributed by atoms with E-state index in [-0.39, 0.29) is 11.1 Å². The predicted octanol–water partition coefficient (Wildman–Crippen LogP) is 2.40. The Balaban J connectivity index is 1.86.